The average Bonchev–Trinajstić information content (AvgIpc) is 3.10. The van der Waals surface area contributed by atoms with Crippen molar-refractivity contribution in [1.82, 2.24) is 10.1 Å². The van der Waals surface area contributed by atoms with E-state index in [9.17, 15) is 4.79 Å². The molecule has 100 valence electrons. The molecule has 0 unspecified atom stereocenters. The molecule has 1 amide bonds. The number of carbonyl (C=O) groups excluding carboxylic acids is 1. The molecule has 0 saturated heterocycles. The summed E-state index contributed by atoms with van der Waals surface area (Å²) >= 11 is 0. The van der Waals surface area contributed by atoms with E-state index in [1.165, 1.54) is 6.26 Å². The first kappa shape index (κ1) is 12.2. The van der Waals surface area contributed by atoms with Gasteiger partial charge in [-0.3, -0.25) is 4.79 Å². The van der Waals surface area contributed by atoms with E-state index < -0.39 is 0 Å². The van der Waals surface area contributed by atoms with Gasteiger partial charge in [-0.2, -0.15) is 4.98 Å². The van der Waals surface area contributed by atoms with Gasteiger partial charge in [0, 0.05) is 11.3 Å². The highest BCUT2D eigenvalue weighted by molar-refractivity contribution is 6.02. The van der Waals surface area contributed by atoms with Crippen molar-refractivity contribution >= 4 is 11.6 Å². The van der Waals surface area contributed by atoms with Crippen molar-refractivity contribution in [3.05, 3.63) is 54.2 Å². The molecule has 0 atom stereocenters. The molecule has 1 aromatic carbocycles. The van der Waals surface area contributed by atoms with Gasteiger partial charge in [0.1, 0.15) is 0 Å². The zero-order valence-corrected chi connectivity index (χ0v) is 10.7. The molecule has 0 bridgehead atoms. The first-order chi connectivity index (χ1) is 9.72. The Morgan fingerprint density at radius 1 is 1.20 bits per heavy atom. The van der Waals surface area contributed by atoms with Gasteiger partial charge in [0.25, 0.3) is 11.8 Å². The maximum absolute atomic E-state index is 11.8. The molecule has 0 saturated carbocycles. The normalized spacial score (nSPS) is 10.4. The Hall–Kier alpha value is -2.89. The van der Waals surface area contributed by atoms with Gasteiger partial charge in [0.15, 0.2) is 11.6 Å². The Bertz CT molecular complexity index is 714. The van der Waals surface area contributed by atoms with Gasteiger partial charge in [-0.1, -0.05) is 5.16 Å². The molecular weight excluding hydrogens is 258 g/mol. The van der Waals surface area contributed by atoms with Crippen LogP contribution in [0.4, 0.5) is 5.69 Å². The highest BCUT2D eigenvalue weighted by Crippen LogP contribution is 2.20. The Kier molecular flexibility index (Phi) is 3.04. The number of hydrogen-bond acceptors (Lipinski definition) is 5. The van der Waals surface area contributed by atoms with Crippen molar-refractivity contribution in [2.24, 2.45) is 0 Å². The van der Waals surface area contributed by atoms with Gasteiger partial charge in [-0.05, 0) is 43.3 Å². The van der Waals surface area contributed by atoms with Crippen LogP contribution in [0.5, 0.6) is 0 Å². The molecule has 6 nitrogen and oxygen atoms in total. The van der Waals surface area contributed by atoms with Crippen LogP contribution < -0.4 is 5.32 Å². The smallest absolute Gasteiger partial charge is 0.291 e. The molecule has 0 radical (unpaired) electrons. The molecule has 0 aliphatic rings. The van der Waals surface area contributed by atoms with Crippen LogP contribution in [0, 0.1) is 6.92 Å². The van der Waals surface area contributed by atoms with Gasteiger partial charge in [0.2, 0.25) is 0 Å². The first-order valence-corrected chi connectivity index (χ1v) is 5.98. The lowest BCUT2D eigenvalue weighted by Gasteiger charge is -2.03. The third-order valence-electron chi connectivity index (χ3n) is 2.66. The number of benzene rings is 1. The highest BCUT2D eigenvalue weighted by Gasteiger charge is 2.10. The number of anilines is 1. The Morgan fingerprint density at radius 3 is 2.60 bits per heavy atom. The lowest BCUT2D eigenvalue weighted by molar-refractivity contribution is 0.0996. The summed E-state index contributed by atoms with van der Waals surface area (Å²) in [6.45, 7) is 1.75. The summed E-state index contributed by atoms with van der Waals surface area (Å²) in [5, 5.41) is 6.46. The molecule has 20 heavy (non-hydrogen) atoms. The van der Waals surface area contributed by atoms with E-state index in [4.69, 9.17) is 8.94 Å². The topological polar surface area (TPSA) is 81.2 Å². The number of furan rings is 1. The van der Waals surface area contributed by atoms with Gasteiger partial charge in [-0.15, -0.1) is 0 Å². The van der Waals surface area contributed by atoms with Gasteiger partial charge in [0.05, 0.1) is 6.26 Å². The van der Waals surface area contributed by atoms with Crippen molar-refractivity contribution in [2.75, 3.05) is 5.32 Å². The molecule has 2 aromatic heterocycles. The standard InChI is InChI=1S/C14H11N3O3/c1-9-15-14(20-17-9)10-4-6-11(7-5-10)16-13(18)12-3-2-8-19-12/h2-8H,1H3,(H,16,18). The van der Waals surface area contributed by atoms with Crippen LogP contribution in [-0.2, 0) is 0 Å². The van der Waals surface area contributed by atoms with Gasteiger partial charge >= 0.3 is 0 Å². The summed E-state index contributed by atoms with van der Waals surface area (Å²) in [5.74, 6) is 1.000. The van der Waals surface area contributed by atoms with E-state index in [0.29, 0.717) is 17.4 Å². The minimum Gasteiger partial charge on any atom is -0.459 e. The fraction of sp³-hybridized carbons (Fsp3) is 0.0714. The summed E-state index contributed by atoms with van der Waals surface area (Å²) in [6.07, 6.45) is 1.45. The van der Waals surface area contributed by atoms with Crippen LogP contribution in [-0.4, -0.2) is 16.0 Å². The summed E-state index contributed by atoms with van der Waals surface area (Å²) < 4.78 is 10.1. The minimum atomic E-state index is -0.295. The predicted molar refractivity (Wildman–Crippen MR) is 71.1 cm³/mol. The number of aromatic nitrogens is 2. The first-order valence-electron chi connectivity index (χ1n) is 5.98. The molecule has 0 spiro atoms. The molecule has 1 N–H and O–H groups in total. The quantitative estimate of drug-likeness (QED) is 0.790. The van der Waals surface area contributed by atoms with E-state index in [1.807, 2.05) is 0 Å². The van der Waals surface area contributed by atoms with E-state index in [1.54, 1.807) is 43.3 Å². The fourth-order valence-corrected chi connectivity index (χ4v) is 1.71. The summed E-state index contributed by atoms with van der Waals surface area (Å²) in [4.78, 5) is 15.9. The fourth-order valence-electron chi connectivity index (χ4n) is 1.71. The monoisotopic (exact) mass is 269 g/mol. The second-order valence-electron chi connectivity index (χ2n) is 4.16. The lowest BCUT2D eigenvalue weighted by atomic mass is 10.2. The van der Waals surface area contributed by atoms with Crippen LogP contribution in [0.2, 0.25) is 0 Å². The van der Waals surface area contributed by atoms with Crippen molar-refractivity contribution in [2.45, 2.75) is 6.92 Å². The van der Waals surface area contributed by atoms with Crippen LogP contribution >= 0.6 is 0 Å². The van der Waals surface area contributed by atoms with Crippen LogP contribution in [0.1, 0.15) is 16.4 Å². The molecule has 2 heterocycles. The minimum absolute atomic E-state index is 0.265. The van der Waals surface area contributed by atoms with Crippen molar-refractivity contribution in [3.63, 3.8) is 0 Å². The van der Waals surface area contributed by atoms with Crippen molar-refractivity contribution in [1.29, 1.82) is 0 Å². The van der Waals surface area contributed by atoms with Gasteiger partial charge < -0.3 is 14.3 Å². The summed E-state index contributed by atoms with van der Waals surface area (Å²) in [7, 11) is 0. The number of hydrogen-bond donors (Lipinski definition) is 1. The largest absolute Gasteiger partial charge is 0.459 e. The van der Waals surface area contributed by atoms with Crippen LogP contribution in [0.15, 0.2) is 51.6 Å². The molecule has 0 aliphatic carbocycles. The second-order valence-corrected chi connectivity index (χ2v) is 4.16. The predicted octanol–water partition coefficient (Wildman–Crippen LogP) is 2.89. The Morgan fingerprint density at radius 2 is 2.00 bits per heavy atom. The number of aryl methyl sites for hydroxylation is 1. The highest BCUT2D eigenvalue weighted by atomic mass is 16.5. The number of nitrogens with zero attached hydrogens (tertiary/aromatic N) is 2. The van der Waals surface area contributed by atoms with Crippen LogP contribution in [0.3, 0.4) is 0 Å². The third-order valence-corrected chi connectivity index (χ3v) is 2.66. The van der Waals surface area contributed by atoms with E-state index in [0.717, 1.165) is 5.56 Å². The van der Waals surface area contributed by atoms with E-state index in [2.05, 4.69) is 15.5 Å². The number of carbonyl (C=O) groups is 1. The SMILES string of the molecule is Cc1noc(-c2ccc(NC(=O)c3ccco3)cc2)n1. The maximum atomic E-state index is 11.8. The van der Waals surface area contributed by atoms with E-state index in [-0.39, 0.29) is 11.7 Å². The molecule has 0 aliphatic heterocycles. The number of rotatable bonds is 3. The van der Waals surface area contributed by atoms with Crippen molar-refractivity contribution < 1.29 is 13.7 Å². The zero-order valence-electron chi connectivity index (χ0n) is 10.7. The average molecular weight is 269 g/mol. The second kappa shape index (κ2) is 5.00. The van der Waals surface area contributed by atoms with E-state index >= 15 is 0 Å². The lowest BCUT2D eigenvalue weighted by Crippen LogP contribution is -2.10. The van der Waals surface area contributed by atoms with Gasteiger partial charge in [-0.25, -0.2) is 0 Å². The summed E-state index contributed by atoms with van der Waals surface area (Å²) in [5.41, 5.74) is 1.45. The molecule has 3 aromatic rings. The molecule has 3 rings (SSSR count). The molecule has 0 fully saturated rings. The molecular formula is C14H11N3O3. The zero-order chi connectivity index (χ0) is 13.9. The Balaban J connectivity index is 1.75. The Labute approximate surface area is 114 Å². The number of nitrogens with one attached hydrogen (secondary N) is 1. The number of amides is 1. The van der Waals surface area contributed by atoms with Crippen LogP contribution in [0.25, 0.3) is 11.5 Å². The maximum Gasteiger partial charge on any atom is 0.291 e. The third kappa shape index (κ3) is 2.44. The van der Waals surface area contributed by atoms with Crippen molar-refractivity contribution in [3.8, 4) is 11.5 Å². The molecule has 6 heteroatoms. The summed E-state index contributed by atoms with van der Waals surface area (Å²) in [6, 6.07) is 10.4.